The first-order valence-corrected chi connectivity index (χ1v) is 11.7. The molecule has 1 saturated carbocycles. The number of fused-ring (bicyclic) bond motifs is 2. The Labute approximate surface area is 175 Å². The van der Waals surface area contributed by atoms with Crippen molar-refractivity contribution in [1.82, 2.24) is 14.5 Å². The van der Waals surface area contributed by atoms with Gasteiger partial charge in [0.25, 0.3) is 5.56 Å². The van der Waals surface area contributed by atoms with Crippen molar-refractivity contribution in [3.63, 3.8) is 0 Å². The van der Waals surface area contributed by atoms with Gasteiger partial charge in [-0.05, 0) is 61.6 Å². The molecule has 2 aliphatic heterocycles. The number of hydrogen-bond acceptors (Lipinski definition) is 4. The minimum Gasteiger partial charge on any atom is -0.302 e. The molecule has 1 aliphatic carbocycles. The van der Waals surface area contributed by atoms with Crippen LogP contribution in [0.1, 0.15) is 35.6 Å². The fourth-order valence-electron chi connectivity index (χ4n) is 5.23. The zero-order valence-corrected chi connectivity index (χ0v) is 17.8. The van der Waals surface area contributed by atoms with E-state index in [1.54, 1.807) is 11.8 Å². The summed E-state index contributed by atoms with van der Waals surface area (Å²) < 4.78 is 1.89. The van der Waals surface area contributed by atoms with E-state index in [0.29, 0.717) is 5.92 Å². The van der Waals surface area contributed by atoms with Crippen LogP contribution in [-0.4, -0.2) is 39.8 Å². The lowest BCUT2D eigenvalue weighted by Gasteiger charge is -2.40. The van der Waals surface area contributed by atoms with Crippen LogP contribution in [0.4, 0.5) is 0 Å². The molecule has 3 atom stereocenters. The number of likely N-dealkylation sites (tertiary alicyclic amines) is 1. The third-order valence-corrected chi connectivity index (χ3v) is 8.08. The Morgan fingerprint density at radius 3 is 3.07 bits per heavy atom. The molecule has 4 nitrogen and oxygen atoms in total. The van der Waals surface area contributed by atoms with Gasteiger partial charge in [-0.2, -0.15) is 0 Å². The average Bonchev–Trinajstić information content (AvgIpc) is 2.98. The number of aromatic nitrogens is 2. The minimum absolute atomic E-state index is 0.189. The first kappa shape index (κ1) is 18.7. The van der Waals surface area contributed by atoms with E-state index in [0.717, 1.165) is 78.0 Å². The lowest BCUT2D eigenvalue weighted by Crippen LogP contribution is -2.33. The van der Waals surface area contributed by atoms with Gasteiger partial charge in [0.15, 0.2) is 5.16 Å². The second kappa shape index (κ2) is 7.51. The van der Waals surface area contributed by atoms with E-state index in [4.69, 9.17) is 16.6 Å². The molecule has 2 fully saturated rings. The molecule has 0 spiro atoms. The van der Waals surface area contributed by atoms with Crippen molar-refractivity contribution in [2.75, 3.05) is 25.4 Å². The molecule has 1 aromatic heterocycles. The predicted octanol–water partition coefficient (Wildman–Crippen LogP) is 3.98. The molecular weight excluding hydrogens is 390 g/mol. The number of thioether (sulfide) groups is 1. The first-order valence-electron chi connectivity index (χ1n) is 10.3. The summed E-state index contributed by atoms with van der Waals surface area (Å²) in [6, 6.07) is 8.37. The monoisotopic (exact) mass is 415 g/mol. The zero-order valence-electron chi connectivity index (χ0n) is 16.2. The highest BCUT2D eigenvalue weighted by molar-refractivity contribution is 7.99. The molecule has 5 rings (SSSR count). The van der Waals surface area contributed by atoms with E-state index in [1.165, 1.54) is 12.0 Å². The van der Waals surface area contributed by atoms with E-state index in [2.05, 4.69) is 23.1 Å². The molecule has 3 unspecified atom stereocenters. The standard InChI is InChI=1S/C22H26ClN3OS/c1-14-18(21(27)26-7-3-9-28-22(26)24-14)6-8-25-12-16-11-19(20(16)13-25)15-4-2-5-17(23)10-15/h2,4-5,10,16,19-20H,3,6-9,11-13H2,1H3. The van der Waals surface area contributed by atoms with Crippen LogP contribution in [0.5, 0.6) is 0 Å². The molecule has 3 heterocycles. The SMILES string of the molecule is Cc1nc2n(c(=O)c1CCN1CC3CC(c4cccc(Cl)c4)C3C1)CCCS2. The van der Waals surface area contributed by atoms with Crippen molar-refractivity contribution in [1.29, 1.82) is 0 Å². The molecule has 0 bridgehead atoms. The molecule has 3 aliphatic rings. The van der Waals surface area contributed by atoms with E-state index in [1.807, 2.05) is 17.6 Å². The average molecular weight is 416 g/mol. The Balaban J connectivity index is 1.25. The predicted molar refractivity (Wildman–Crippen MR) is 115 cm³/mol. The Hall–Kier alpha value is -1.30. The summed E-state index contributed by atoms with van der Waals surface area (Å²) in [5, 5.41) is 1.74. The molecule has 2 aromatic rings. The highest BCUT2D eigenvalue weighted by atomic mass is 35.5. The third-order valence-electron chi connectivity index (χ3n) is 6.79. The summed E-state index contributed by atoms with van der Waals surface area (Å²) in [4.78, 5) is 20.2. The van der Waals surface area contributed by atoms with Gasteiger partial charge in [0, 0.05) is 48.2 Å². The van der Waals surface area contributed by atoms with Crippen LogP contribution in [0.15, 0.2) is 34.2 Å². The van der Waals surface area contributed by atoms with Crippen molar-refractivity contribution in [3.8, 4) is 0 Å². The fourth-order valence-corrected chi connectivity index (χ4v) is 6.42. The summed E-state index contributed by atoms with van der Waals surface area (Å²) in [7, 11) is 0. The Bertz CT molecular complexity index is 959. The number of rotatable bonds is 4. The number of aryl methyl sites for hydroxylation is 1. The van der Waals surface area contributed by atoms with Crippen molar-refractivity contribution >= 4 is 23.4 Å². The fraction of sp³-hybridized carbons (Fsp3) is 0.545. The number of nitrogens with zero attached hydrogens (tertiary/aromatic N) is 3. The number of halogens is 1. The summed E-state index contributed by atoms with van der Waals surface area (Å²) in [6.45, 7) is 6.07. The van der Waals surface area contributed by atoms with Crippen molar-refractivity contribution in [2.45, 2.75) is 43.8 Å². The van der Waals surface area contributed by atoms with Gasteiger partial charge < -0.3 is 4.90 Å². The molecule has 0 N–H and O–H groups in total. The molecule has 1 aromatic carbocycles. The maximum atomic E-state index is 12.9. The second-order valence-electron chi connectivity index (χ2n) is 8.45. The number of hydrogen-bond donors (Lipinski definition) is 0. The maximum absolute atomic E-state index is 12.9. The normalized spacial score (nSPS) is 26.6. The topological polar surface area (TPSA) is 38.1 Å². The molecule has 1 saturated heterocycles. The zero-order chi connectivity index (χ0) is 19.3. The summed E-state index contributed by atoms with van der Waals surface area (Å²) in [5.74, 6) is 3.24. The summed E-state index contributed by atoms with van der Waals surface area (Å²) in [5.41, 5.74) is 3.41. The van der Waals surface area contributed by atoms with Gasteiger partial charge in [-0.25, -0.2) is 4.98 Å². The van der Waals surface area contributed by atoms with Crippen LogP contribution in [-0.2, 0) is 13.0 Å². The quantitative estimate of drug-likeness (QED) is 0.708. The number of benzene rings is 1. The van der Waals surface area contributed by atoms with Gasteiger partial charge in [-0.1, -0.05) is 35.5 Å². The molecule has 0 amide bonds. The van der Waals surface area contributed by atoms with Crippen LogP contribution in [0.3, 0.4) is 0 Å². The molecule has 28 heavy (non-hydrogen) atoms. The van der Waals surface area contributed by atoms with Crippen molar-refractivity contribution in [2.24, 2.45) is 11.8 Å². The first-order chi connectivity index (χ1) is 13.6. The van der Waals surface area contributed by atoms with Crippen LogP contribution < -0.4 is 5.56 Å². The highest BCUT2D eigenvalue weighted by Crippen LogP contribution is 2.51. The summed E-state index contributed by atoms with van der Waals surface area (Å²) in [6.07, 6.45) is 3.13. The van der Waals surface area contributed by atoms with Crippen LogP contribution in [0, 0.1) is 18.8 Å². The Morgan fingerprint density at radius 1 is 1.32 bits per heavy atom. The summed E-state index contributed by atoms with van der Waals surface area (Å²) >= 11 is 7.90. The van der Waals surface area contributed by atoms with E-state index in [9.17, 15) is 4.79 Å². The maximum Gasteiger partial charge on any atom is 0.257 e. The highest BCUT2D eigenvalue weighted by Gasteiger charge is 2.47. The smallest absolute Gasteiger partial charge is 0.257 e. The van der Waals surface area contributed by atoms with Crippen LogP contribution in [0.25, 0.3) is 0 Å². The molecular formula is C22H26ClN3OS. The van der Waals surface area contributed by atoms with Crippen LogP contribution >= 0.6 is 23.4 Å². The molecule has 6 heteroatoms. The molecule has 0 radical (unpaired) electrons. The van der Waals surface area contributed by atoms with Gasteiger partial charge in [0.1, 0.15) is 0 Å². The largest absolute Gasteiger partial charge is 0.302 e. The van der Waals surface area contributed by atoms with Crippen LogP contribution in [0.2, 0.25) is 5.02 Å². The second-order valence-corrected chi connectivity index (χ2v) is 9.95. The minimum atomic E-state index is 0.189. The van der Waals surface area contributed by atoms with E-state index < -0.39 is 0 Å². The third kappa shape index (κ3) is 3.31. The lowest BCUT2D eigenvalue weighted by atomic mass is 9.64. The lowest BCUT2D eigenvalue weighted by molar-refractivity contribution is 0.191. The Morgan fingerprint density at radius 2 is 2.21 bits per heavy atom. The van der Waals surface area contributed by atoms with E-state index in [-0.39, 0.29) is 5.56 Å². The Kier molecular flexibility index (Phi) is 5.02. The van der Waals surface area contributed by atoms with Gasteiger partial charge in [-0.3, -0.25) is 9.36 Å². The van der Waals surface area contributed by atoms with Crippen molar-refractivity contribution < 1.29 is 0 Å². The molecule has 148 valence electrons. The van der Waals surface area contributed by atoms with E-state index >= 15 is 0 Å². The van der Waals surface area contributed by atoms with Gasteiger partial charge in [0.05, 0.1) is 0 Å². The van der Waals surface area contributed by atoms with Gasteiger partial charge in [0.2, 0.25) is 0 Å². The van der Waals surface area contributed by atoms with Crippen molar-refractivity contribution in [3.05, 3.63) is 56.5 Å². The van der Waals surface area contributed by atoms with Gasteiger partial charge in [-0.15, -0.1) is 0 Å². The van der Waals surface area contributed by atoms with Gasteiger partial charge >= 0.3 is 0 Å².